The molecular weight excluding hydrogens is 210 g/mol. The lowest BCUT2D eigenvalue weighted by molar-refractivity contribution is 0.616. The largest absolute Gasteiger partial charge is 0.464 e. The van der Waals surface area contributed by atoms with E-state index in [-0.39, 0.29) is 0 Å². The Bertz CT molecular complexity index is 719. The summed E-state index contributed by atoms with van der Waals surface area (Å²) in [6.45, 7) is 0. The van der Waals surface area contributed by atoms with Crippen molar-refractivity contribution in [2.45, 2.75) is 0 Å². The van der Waals surface area contributed by atoms with E-state index in [1.807, 2.05) is 48.5 Å². The number of benzene rings is 2. The van der Waals surface area contributed by atoms with E-state index in [0.717, 1.165) is 22.1 Å². The van der Waals surface area contributed by atoms with Crippen LogP contribution in [0.5, 0.6) is 0 Å². The Morgan fingerprint density at radius 1 is 1.00 bits per heavy atom. The number of hydrogen-bond donors (Lipinski definition) is 0. The van der Waals surface area contributed by atoms with Gasteiger partial charge in [0.2, 0.25) is 0 Å². The van der Waals surface area contributed by atoms with Gasteiger partial charge in [-0.2, -0.15) is 5.26 Å². The zero-order valence-electron chi connectivity index (χ0n) is 9.05. The van der Waals surface area contributed by atoms with Gasteiger partial charge < -0.3 is 4.42 Å². The first kappa shape index (κ1) is 9.68. The molecule has 1 aromatic heterocycles. The van der Waals surface area contributed by atoms with Crippen LogP contribution in [0.15, 0.2) is 59.2 Å². The SMILES string of the molecule is N#Cc1ccccc1-c1ccc2occc2c1. The van der Waals surface area contributed by atoms with Gasteiger partial charge in [0.1, 0.15) is 5.58 Å². The molecule has 1 heterocycles. The third kappa shape index (κ3) is 1.58. The molecular formula is C15H9NO. The van der Waals surface area contributed by atoms with Gasteiger partial charge >= 0.3 is 0 Å². The van der Waals surface area contributed by atoms with Crippen molar-refractivity contribution in [3.63, 3.8) is 0 Å². The molecule has 80 valence electrons. The fraction of sp³-hybridized carbons (Fsp3) is 0. The van der Waals surface area contributed by atoms with E-state index in [4.69, 9.17) is 9.68 Å². The van der Waals surface area contributed by atoms with Crippen molar-refractivity contribution in [1.29, 1.82) is 5.26 Å². The molecule has 0 saturated carbocycles. The second-order valence-corrected chi connectivity index (χ2v) is 3.83. The number of rotatable bonds is 1. The molecule has 0 aliphatic heterocycles. The monoisotopic (exact) mass is 219 g/mol. The summed E-state index contributed by atoms with van der Waals surface area (Å²) in [5, 5.41) is 10.1. The van der Waals surface area contributed by atoms with Crippen LogP contribution in [0, 0.1) is 11.3 Å². The molecule has 2 nitrogen and oxygen atoms in total. The molecule has 2 aromatic carbocycles. The van der Waals surface area contributed by atoms with Gasteiger partial charge in [-0.05, 0) is 35.4 Å². The van der Waals surface area contributed by atoms with Crippen molar-refractivity contribution >= 4 is 11.0 Å². The van der Waals surface area contributed by atoms with Crippen LogP contribution in [-0.4, -0.2) is 0 Å². The molecule has 0 atom stereocenters. The van der Waals surface area contributed by atoms with E-state index in [1.54, 1.807) is 6.26 Å². The molecule has 0 unspecified atom stereocenters. The summed E-state index contributed by atoms with van der Waals surface area (Å²) in [5.74, 6) is 0. The summed E-state index contributed by atoms with van der Waals surface area (Å²) < 4.78 is 5.30. The van der Waals surface area contributed by atoms with Gasteiger partial charge in [-0.25, -0.2) is 0 Å². The van der Waals surface area contributed by atoms with Crippen LogP contribution in [0.25, 0.3) is 22.1 Å². The molecule has 17 heavy (non-hydrogen) atoms. The second kappa shape index (κ2) is 3.80. The average Bonchev–Trinajstić information content (AvgIpc) is 2.85. The third-order valence-electron chi connectivity index (χ3n) is 2.81. The molecule has 0 radical (unpaired) electrons. The first-order valence-corrected chi connectivity index (χ1v) is 5.35. The second-order valence-electron chi connectivity index (χ2n) is 3.83. The normalized spacial score (nSPS) is 10.3. The molecule has 3 rings (SSSR count). The van der Waals surface area contributed by atoms with E-state index in [0.29, 0.717) is 5.56 Å². The molecule has 0 aliphatic rings. The summed E-state index contributed by atoms with van der Waals surface area (Å²) in [5.41, 5.74) is 3.55. The number of furan rings is 1. The van der Waals surface area contributed by atoms with Gasteiger partial charge in [-0.1, -0.05) is 24.3 Å². The highest BCUT2D eigenvalue weighted by atomic mass is 16.3. The number of fused-ring (bicyclic) bond motifs is 1. The van der Waals surface area contributed by atoms with Crippen molar-refractivity contribution in [1.82, 2.24) is 0 Å². The van der Waals surface area contributed by atoms with Crippen molar-refractivity contribution in [3.8, 4) is 17.2 Å². The van der Waals surface area contributed by atoms with Crippen LogP contribution >= 0.6 is 0 Å². The Balaban J connectivity index is 2.23. The van der Waals surface area contributed by atoms with Crippen molar-refractivity contribution in [3.05, 3.63) is 60.4 Å². The Hall–Kier alpha value is -2.53. The number of hydrogen-bond acceptors (Lipinski definition) is 2. The van der Waals surface area contributed by atoms with E-state index in [2.05, 4.69) is 6.07 Å². The van der Waals surface area contributed by atoms with Gasteiger partial charge in [0.05, 0.1) is 17.9 Å². The van der Waals surface area contributed by atoms with Crippen LogP contribution in [0.1, 0.15) is 5.56 Å². The Labute approximate surface area is 98.7 Å². The van der Waals surface area contributed by atoms with Gasteiger partial charge in [-0.15, -0.1) is 0 Å². The molecule has 0 spiro atoms. The Morgan fingerprint density at radius 3 is 2.76 bits per heavy atom. The van der Waals surface area contributed by atoms with Crippen molar-refractivity contribution < 1.29 is 4.42 Å². The number of nitrogens with zero attached hydrogens (tertiary/aromatic N) is 1. The van der Waals surface area contributed by atoms with E-state index >= 15 is 0 Å². The molecule has 0 saturated heterocycles. The van der Waals surface area contributed by atoms with Gasteiger partial charge in [0.25, 0.3) is 0 Å². The summed E-state index contributed by atoms with van der Waals surface area (Å²) >= 11 is 0. The van der Waals surface area contributed by atoms with Crippen molar-refractivity contribution in [2.75, 3.05) is 0 Å². The van der Waals surface area contributed by atoms with Crippen LogP contribution in [0.3, 0.4) is 0 Å². The molecule has 0 fully saturated rings. The lowest BCUT2D eigenvalue weighted by Crippen LogP contribution is -1.83. The highest BCUT2D eigenvalue weighted by Crippen LogP contribution is 2.27. The number of nitriles is 1. The van der Waals surface area contributed by atoms with Gasteiger partial charge in [0, 0.05) is 5.39 Å². The summed E-state index contributed by atoms with van der Waals surface area (Å²) in [7, 11) is 0. The van der Waals surface area contributed by atoms with Crippen LogP contribution in [0.2, 0.25) is 0 Å². The predicted molar refractivity (Wildman–Crippen MR) is 66.4 cm³/mol. The zero-order chi connectivity index (χ0) is 11.7. The zero-order valence-corrected chi connectivity index (χ0v) is 9.05. The Kier molecular flexibility index (Phi) is 2.16. The topological polar surface area (TPSA) is 36.9 Å². The molecule has 0 N–H and O–H groups in total. The highest BCUT2D eigenvalue weighted by molar-refractivity contribution is 5.84. The van der Waals surface area contributed by atoms with E-state index in [9.17, 15) is 0 Å². The third-order valence-corrected chi connectivity index (χ3v) is 2.81. The van der Waals surface area contributed by atoms with Crippen molar-refractivity contribution in [2.24, 2.45) is 0 Å². The lowest BCUT2D eigenvalue weighted by atomic mass is 9.99. The fourth-order valence-electron chi connectivity index (χ4n) is 1.97. The maximum atomic E-state index is 9.08. The fourth-order valence-corrected chi connectivity index (χ4v) is 1.97. The van der Waals surface area contributed by atoms with E-state index < -0.39 is 0 Å². The molecule has 2 heteroatoms. The summed E-state index contributed by atoms with van der Waals surface area (Å²) in [6.07, 6.45) is 1.67. The van der Waals surface area contributed by atoms with E-state index in [1.165, 1.54) is 0 Å². The van der Waals surface area contributed by atoms with Crippen LogP contribution in [-0.2, 0) is 0 Å². The standard InChI is InChI=1S/C15H9NO/c16-10-13-3-1-2-4-14(13)11-5-6-15-12(9-11)7-8-17-15/h1-9H. The van der Waals surface area contributed by atoms with Gasteiger partial charge in [0.15, 0.2) is 0 Å². The minimum absolute atomic E-state index is 0.690. The molecule has 3 aromatic rings. The highest BCUT2D eigenvalue weighted by Gasteiger charge is 2.05. The quantitative estimate of drug-likeness (QED) is 0.620. The predicted octanol–water partition coefficient (Wildman–Crippen LogP) is 3.97. The average molecular weight is 219 g/mol. The molecule has 0 amide bonds. The first-order chi connectivity index (χ1) is 8.38. The lowest BCUT2D eigenvalue weighted by Gasteiger charge is -2.03. The maximum absolute atomic E-state index is 9.08. The molecule has 0 bridgehead atoms. The summed E-state index contributed by atoms with van der Waals surface area (Å²) in [6, 6.07) is 17.7. The summed E-state index contributed by atoms with van der Waals surface area (Å²) in [4.78, 5) is 0. The minimum atomic E-state index is 0.690. The maximum Gasteiger partial charge on any atom is 0.133 e. The Morgan fingerprint density at radius 2 is 1.88 bits per heavy atom. The van der Waals surface area contributed by atoms with Crippen LogP contribution < -0.4 is 0 Å². The van der Waals surface area contributed by atoms with Gasteiger partial charge in [-0.3, -0.25) is 0 Å². The smallest absolute Gasteiger partial charge is 0.133 e. The van der Waals surface area contributed by atoms with Crippen LogP contribution in [0.4, 0.5) is 0 Å². The first-order valence-electron chi connectivity index (χ1n) is 5.35. The minimum Gasteiger partial charge on any atom is -0.464 e. The molecule has 0 aliphatic carbocycles.